The second-order valence-electron chi connectivity index (χ2n) is 5.95. The van der Waals surface area contributed by atoms with Crippen molar-refractivity contribution in [2.24, 2.45) is 0 Å². The van der Waals surface area contributed by atoms with Gasteiger partial charge in [-0.2, -0.15) is 0 Å². The van der Waals surface area contributed by atoms with Gasteiger partial charge in [0.1, 0.15) is 11.6 Å². The Hall–Kier alpha value is -2.27. The van der Waals surface area contributed by atoms with E-state index in [0.717, 1.165) is 0 Å². The number of benzene rings is 2. The molecule has 0 N–H and O–H groups in total. The molecule has 1 atom stereocenters. The predicted molar refractivity (Wildman–Crippen MR) is 96.7 cm³/mol. The number of amides is 1. The van der Waals surface area contributed by atoms with Gasteiger partial charge in [-0.25, -0.2) is 4.39 Å². The van der Waals surface area contributed by atoms with Crippen LogP contribution in [0.15, 0.2) is 48.5 Å². The Kier molecular flexibility index (Phi) is 5.43. The maximum atomic E-state index is 13.9. The van der Waals surface area contributed by atoms with Crippen molar-refractivity contribution in [2.45, 2.75) is 13.0 Å². The molecule has 0 saturated carbocycles. The second kappa shape index (κ2) is 7.74. The van der Waals surface area contributed by atoms with Gasteiger partial charge in [-0.3, -0.25) is 4.79 Å². The summed E-state index contributed by atoms with van der Waals surface area (Å²) in [7, 11) is 0. The molecule has 2 aromatic carbocycles. The highest BCUT2D eigenvalue weighted by Crippen LogP contribution is 2.25. The fourth-order valence-electron chi connectivity index (χ4n) is 2.91. The first-order chi connectivity index (χ1) is 12.1. The smallest absolute Gasteiger partial charge is 0.263 e. The molecule has 25 heavy (non-hydrogen) atoms. The number of nitrogens with zero attached hydrogens (tertiary/aromatic N) is 2. The molecule has 1 aliphatic heterocycles. The molecule has 1 heterocycles. The van der Waals surface area contributed by atoms with Crippen LogP contribution >= 0.6 is 11.6 Å². The third kappa shape index (κ3) is 4.04. The molecule has 4 nitrogen and oxygen atoms in total. The van der Waals surface area contributed by atoms with Crippen LogP contribution in [0.5, 0.6) is 5.75 Å². The summed E-state index contributed by atoms with van der Waals surface area (Å²) in [6.45, 7) is 3.96. The van der Waals surface area contributed by atoms with Gasteiger partial charge in [-0.1, -0.05) is 35.9 Å². The third-order valence-corrected chi connectivity index (χ3v) is 4.58. The first kappa shape index (κ1) is 17.5. The highest BCUT2D eigenvalue weighted by Gasteiger charge is 2.27. The van der Waals surface area contributed by atoms with Crippen molar-refractivity contribution >= 4 is 23.2 Å². The van der Waals surface area contributed by atoms with Crippen LogP contribution in [0.3, 0.4) is 0 Å². The first-order valence-electron chi connectivity index (χ1n) is 8.25. The van der Waals surface area contributed by atoms with Crippen molar-refractivity contribution in [3.05, 3.63) is 59.4 Å². The van der Waals surface area contributed by atoms with Crippen LogP contribution < -0.4 is 9.64 Å². The van der Waals surface area contributed by atoms with Crippen LogP contribution in [0.1, 0.15) is 6.92 Å². The summed E-state index contributed by atoms with van der Waals surface area (Å²) in [5, 5.41) is 0.478. The summed E-state index contributed by atoms with van der Waals surface area (Å²) in [6, 6.07) is 13.8. The van der Waals surface area contributed by atoms with Crippen molar-refractivity contribution in [1.82, 2.24) is 4.90 Å². The van der Waals surface area contributed by atoms with Gasteiger partial charge >= 0.3 is 0 Å². The molecule has 0 bridgehead atoms. The van der Waals surface area contributed by atoms with Crippen molar-refractivity contribution in [3.63, 3.8) is 0 Å². The lowest BCUT2D eigenvalue weighted by Crippen LogP contribution is -2.52. The van der Waals surface area contributed by atoms with E-state index in [1.807, 2.05) is 23.1 Å². The quantitative estimate of drug-likeness (QED) is 0.833. The Morgan fingerprint density at radius 1 is 1.08 bits per heavy atom. The average Bonchev–Trinajstić information content (AvgIpc) is 2.63. The van der Waals surface area contributed by atoms with Gasteiger partial charge in [-0.15, -0.1) is 0 Å². The highest BCUT2D eigenvalue weighted by atomic mass is 35.5. The van der Waals surface area contributed by atoms with E-state index in [-0.39, 0.29) is 11.7 Å². The first-order valence-corrected chi connectivity index (χ1v) is 8.63. The average molecular weight is 363 g/mol. The summed E-state index contributed by atoms with van der Waals surface area (Å²) < 4.78 is 19.6. The van der Waals surface area contributed by atoms with Crippen LogP contribution in [-0.2, 0) is 4.79 Å². The molecule has 6 heteroatoms. The minimum absolute atomic E-state index is 0.0897. The summed E-state index contributed by atoms with van der Waals surface area (Å²) in [6.07, 6.45) is -0.625. The van der Waals surface area contributed by atoms with Gasteiger partial charge < -0.3 is 14.5 Å². The third-order valence-electron chi connectivity index (χ3n) is 4.27. The fourth-order valence-corrected chi connectivity index (χ4v) is 3.09. The maximum Gasteiger partial charge on any atom is 0.263 e. The lowest BCUT2D eigenvalue weighted by Gasteiger charge is -2.37. The van der Waals surface area contributed by atoms with E-state index >= 15 is 0 Å². The molecule has 2 aromatic rings. The second-order valence-corrected chi connectivity index (χ2v) is 6.36. The van der Waals surface area contributed by atoms with Gasteiger partial charge in [0.2, 0.25) is 0 Å². The molecule has 1 amide bonds. The van der Waals surface area contributed by atoms with Gasteiger partial charge in [0.15, 0.2) is 6.10 Å². The molecule has 0 radical (unpaired) electrons. The van der Waals surface area contributed by atoms with E-state index in [1.165, 1.54) is 6.07 Å². The molecule has 1 fully saturated rings. The van der Waals surface area contributed by atoms with Crippen LogP contribution in [0.25, 0.3) is 0 Å². The minimum atomic E-state index is -0.625. The van der Waals surface area contributed by atoms with Gasteiger partial charge in [0, 0.05) is 26.2 Å². The Labute approximate surface area is 151 Å². The molecular weight excluding hydrogens is 343 g/mol. The highest BCUT2D eigenvalue weighted by molar-refractivity contribution is 6.32. The number of ether oxygens (including phenoxy) is 1. The van der Waals surface area contributed by atoms with E-state index in [0.29, 0.717) is 42.6 Å². The predicted octanol–water partition coefficient (Wildman–Crippen LogP) is 3.60. The van der Waals surface area contributed by atoms with E-state index in [9.17, 15) is 9.18 Å². The number of para-hydroxylation sites is 2. The van der Waals surface area contributed by atoms with Crippen LogP contribution in [0.2, 0.25) is 5.02 Å². The minimum Gasteiger partial charge on any atom is -0.479 e. The fraction of sp³-hybridized carbons (Fsp3) is 0.316. The Morgan fingerprint density at radius 2 is 1.72 bits per heavy atom. The summed E-state index contributed by atoms with van der Waals surface area (Å²) in [5.74, 6) is 0.167. The van der Waals surface area contributed by atoms with Crippen LogP contribution in [-0.4, -0.2) is 43.1 Å². The largest absolute Gasteiger partial charge is 0.479 e. The number of piperazine rings is 1. The normalized spacial score (nSPS) is 15.8. The van der Waals surface area contributed by atoms with Gasteiger partial charge in [-0.05, 0) is 31.2 Å². The molecule has 1 aliphatic rings. The number of halogens is 2. The van der Waals surface area contributed by atoms with E-state index in [2.05, 4.69) is 0 Å². The molecule has 0 aliphatic carbocycles. The molecule has 1 saturated heterocycles. The Balaban J connectivity index is 1.58. The number of hydrogen-bond donors (Lipinski definition) is 0. The summed E-state index contributed by atoms with van der Waals surface area (Å²) >= 11 is 6.07. The van der Waals surface area contributed by atoms with Crippen molar-refractivity contribution in [3.8, 4) is 5.75 Å². The molecule has 0 spiro atoms. The van der Waals surface area contributed by atoms with Gasteiger partial charge in [0.25, 0.3) is 5.91 Å². The van der Waals surface area contributed by atoms with E-state index in [4.69, 9.17) is 16.3 Å². The van der Waals surface area contributed by atoms with Crippen LogP contribution in [0, 0.1) is 5.82 Å². The zero-order valence-corrected chi connectivity index (χ0v) is 14.7. The maximum absolute atomic E-state index is 13.9. The topological polar surface area (TPSA) is 32.8 Å². The molecule has 3 rings (SSSR count). The number of carbonyl (C=O) groups excluding carboxylic acids is 1. The lowest BCUT2D eigenvalue weighted by atomic mass is 10.2. The van der Waals surface area contributed by atoms with Crippen molar-refractivity contribution in [2.75, 3.05) is 31.1 Å². The number of carbonyl (C=O) groups is 1. The lowest BCUT2D eigenvalue weighted by molar-refractivity contribution is -0.138. The number of hydrogen-bond acceptors (Lipinski definition) is 3. The number of rotatable bonds is 4. The van der Waals surface area contributed by atoms with E-state index in [1.54, 1.807) is 36.1 Å². The summed E-state index contributed by atoms with van der Waals surface area (Å²) in [5.41, 5.74) is 0.579. The number of anilines is 1. The van der Waals surface area contributed by atoms with E-state index < -0.39 is 6.10 Å². The van der Waals surface area contributed by atoms with Gasteiger partial charge in [0.05, 0.1) is 10.7 Å². The van der Waals surface area contributed by atoms with Crippen molar-refractivity contribution in [1.29, 1.82) is 0 Å². The molecular formula is C19H20ClFN2O2. The molecule has 132 valence electrons. The van der Waals surface area contributed by atoms with Crippen molar-refractivity contribution < 1.29 is 13.9 Å². The molecule has 0 aromatic heterocycles. The summed E-state index contributed by atoms with van der Waals surface area (Å²) in [4.78, 5) is 16.3. The van der Waals surface area contributed by atoms with Crippen LogP contribution in [0.4, 0.5) is 10.1 Å². The Morgan fingerprint density at radius 3 is 2.40 bits per heavy atom. The standard InChI is InChI=1S/C19H20ClFN2O2/c1-14(25-18-9-5-2-6-15(18)20)19(24)23-12-10-22(11-13-23)17-8-4-3-7-16(17)21/h2-9,14H,10-13H2,1H3/t14-/m1/s1. The SMILES string of the molecule is C[C@@H](Oc1ccccc1Cl)C(=O)N1CCN(c2ccccc2F)CC1. The zero-order valence-electron chi connectivity index (χ0n) is 14.0. The Bertz CT molecular complexity index is 748. The zero-order chi connectivity index (χ0) is 17.8. The monoisotopic (exact) mass is 362 g/mol. The molecule has 0 unspecified atom stereocenters.